The van der Waals surface area contributed by atoms with E-state index in [1.54, 1.807) is 0 Å². The van der Waals surface area contributed by atoms with Gasteiger partial charge >= 0.3 is 37.6 Å². The Morgan fingerprint density at radius 3 is 1.94 bits per heavy atom. The Bertz CT molecular complexity index is 1100. The number of para-hydroxylation sites is 1. The van der Waals surface area contributed by atoms with Crippen LogP contribution in [0.1, 0.15) is 43.9 Å². The van der Waals surface area contributed by atoms with Crippen LogP contribution in [0, 0.1) is 13.0 Å². The Hall–Kier alpha value is -3.00. The van der Waals surface area contributed by atoms with E-state index in [9.17, 15) is 0 Å². The zero-order valence-electron chi connectivity index (χ0n) is 20.6. The molecule has 0 radical (unpaired) electrons. The molecule has 34 heavy (non-hydrogen) atoms. The molecule has 0 atom stereocenters. The summed E-state index contributed by atoms with van der Waals surface area (Å²) in [5.74, 6) is 1.71. The average Bonchev–Trinajstić information content (AvgIpc) is 3.43. The zero-order chi connectivity index (χ0) is 24.6. The summed E-state index contributed by atoms with van der Waals surface area (Å²) in [6.07, 6.45) is 14.2. The minimum absolute atomic E-state index is 0.837. The first-order valence-corrected chi connectivity index (χ1v) is 12.2. The van der Waals surface area contributed by atoms with Crippen molar-refractivity contribution in [3.63, 3.8) is 0 Å². The van der Waals surface area contributed by atoms with Crippen molar-refractivity contribution in [2.24, 2.45) is 0 Å². The molecular formula is C32H33OTi. The molecule has 0 aromatic heterocycles. The number of aryl methyl sites for hydroxylation is 1. The van der Waals surface area contributed by atoms with E-state index < -0.39 is 0 Å². The minimum Gasteiger partial charge on any atom is -0.273 e. The van der Waals surface area contributed by atoms with E-state index in [0.717, 1.165) is 29.1 Å². The van der Waals surface area contributed by atoms with Crippen molar-refractivity contribution in [3.8, 4) is 5.75 Å². The van der Waals surface area contributed by atoms with Gasteiger partial charge in [0.1, 0.15) is 11.5 Å². The predicted octanol–water partition coefficient (Wildman–Crippen LogP) is 8.57. The molecule has 171 valence electrons. The SMILES string of the molecule is CC(C=Cc1ccc(C)cc1)=C(Oc1ccccc1)c1ccccc1.C[C](C)=[Ti+].[C-]1=CC=CC1. The van der Waals surface area contributed by atoms with Crippen LogP contribution in [0.5, 0.6) is 5.75 Å². The Morgan fingerprint density at radius 1 is 0.853 bits per heavy atom. The molecule has 0 amide bonds. The first-order chi connectivity index (χ1) is 16.5. The summed E-state index contributed by atoms with van der Waals surface area (Å²) < 4.78 is 7.61. The van der Waals surface area contributed by atoms with Gasteiger partial charge in [0.2, 0.25) is 0 Å². The third-order valence-corrected chi connectivity index (χ3v) is 4.55. The van der Waals surface area contributed by atoms with Gasteiger partial charge in [0, 0.05) is 5.56 Å². The van der Waals surface area contributed by atoms with Gasteiger partial charge in [-0.05, 0) is 37.1 Å². The quantitative estimate of drug-likeness (QED) is 0.154. The average molecular weight is 481 g/mol. The van der Waals surface area contributed by atoms with Crippen LogP contribution < -0.4 is 4.74 Å². The van der Waals surface area contributed by atoms with Crippen LogP contribution in [0.15, 0.2) is 115 Å². The molecule has 1 aliphatic carbocycles. The van der Waals surface area contributed by atoms with Crippen LogP contribution >= 0.6 is 0 Å². The van der Waals surface area contributed by atoms with Gasteiger partial charge in [0.25, 0.3) is 0 Å². The Labute approximate surface area is 217 Å². The van der Waals surface area contributed by atoms with Crippen LogP contribution in [0.2, 0.25) is 0 Å². The summed E-state index contributed by atoms with van der Waals surface area (Å²) in [7, 11) is 0. The molecule has 0 bridgehead atoms. The smallest absolute Gasteiger partial charge is 0.109 e. The molecule has 0 N–H and O–H groups in total. The molecule has 0 heterocycles. The fourth-order valence-electron chi connectivity index (χ4n) is 2.88. The van der Waals surface area contributed by atoms with E-state index >= 15 is 0 Å². The van der Waals surface area contributed by atoms with Crippen LogP contribution in [0.3, 0.4) is 0 Å². The maximum absolute atomic E-state index is 6.20. The normalized spacial score (nSPS) is 12.3. The Morgan fingerprint density at radius 2 is 1.44 bits per heavy atom. The van der Waals surface area contributed by atoms with E-state index in [4.69, 9.17) is 4.74 Å². The topological polar surface area (TPSA) is 9.23 Å². The van der Waals surface area contributed by atoms with Crippen molar-refractivity contribution in [3.05, 3.63) is 138 Å². The van der Waals surface area contributed by atoms with Gasteiger partial charge in [-0.2, -0.15) is 6.08 Å². The van der Waals surface area contributed by atoms with Crippen molar-refractivity contribution in [2.75, 3.05) is 0 Å². The molecule has 0 unspecified atom stereocenters. The summed E-state index contributed by atoms with van der Waals surface area (Å²) >= 11 is 2.08. The van der Waals surface area contributed by atoms with Gasteiger partial charge in [0.15, 0.2) is 0 Å². The largest absolute Gasteiger partial charge is 0.273 e. The summed E-state index contributed by atoms with van der Waals surface area (Å²) in [5, 5.41) is 0. The molecule has 0 saturated carbocycles. The maximum Gasteiger partial charge on any atom is -0.109 e. The second-order valence-electron chi connectivity index (χ2n) is 8.04. The van der Waals surface area contributed by atoms with E-state index in [1.807, 2.05) is 60.7 Å². The summed E-state index contributed by atoms with van der Waals surface area (Å²) in [4.78, 5) is 0. The van der Waals surface area contributed by atoms with Crippen molar-refractivity contribution in [1.29, 1.82) is 0 Å². The van der Waals surface area contributed by atoms with Crippen LogP contribution in [-0.2, 0) is 20.0 Å². The number of benzene rings is 3. The van der Waals surface area contributed by atoms with Crippen molar-refractivity contribution < 1.29 is 24.7 Å². The monoisotopic (exact) mass is 481 g/mol. The van der Waals surface area contributed by atoms with E-state index in [1.165, 1.54) is 14.9 Å². The summed E-state index contributed by atoms with van der Waals surface area (Å²) in [5.41, 5.74) is 4.59. The van der Waals surface area contributed by atoms with E-state index in [2.05, 4.69) is 108 Å². The van der Waals surface area contributed by atoms with Gasteiger partial charge in [-0.25, -0.2) is 12.2 Å². The van der Waals surface area contributed by atoms with Crippen LogP contribution in [0.4, 0.5) is 0 Å². The van der Waals surface area contributed by atoms with Crippen molar-refractivity contribution in [1.82, 2.24) is 0 Å². The molecule has 2 heteroatoms. The number of ether oxygens (including phenoxy) is 1. The molecule has 4 rings (SSSR count). The first-order valence-electron chi connectivity index (χ1n) is 11.4. The summed E-state index contributed by atoms with van der Waals surface area (Å²) in [6.45, 7) is 8.34. The number of hydrogen-bond acceptors (Lipinski definition) is 1. The molecule has 0 aliphatic heterocycles. The van der Waals surface area contributed by atoms with Gasteiger partial charge in [-0.1, -0.05) is 90.5 Å². The summed E-state index contributed by atoms with van der Waals surface area (Å²) in [6, 6.07) is 28.6. The van der Waals surface area contributed by atoms with Gasteiger partial charge < -0.3 is 4.74 Å². The van der Waals surface area contributed by atoms with Gasteiger partial charge in [-0.3, -0.25) is 6.08 Å². The fraction of sp³-hybridized carbons (Fsp3) is 0.156. The molecule has 0 spiro atoms. The molecule has 0 fully saturated rings. The number of hydrogen-bond donors (Lipinski definition) is 0. The van der Waals surface area contributed by atoms with E-state index in [-0.39, 0.29) is 0 Å². The van der Waals surface area contributed by atoms with Gasteiger partial charge in [0.05, 0.1) is 0 Å². The van der Waals surface area contributed by atoms with Crippen molar-refractivity contribution >= 4 is 15.6 Å². The molecular weight excluding hydrogens is 448 g/mol. The van der Waals surface area contributed by atoms with Gasteiger partial charge in [-0.15, -0.1) is 6.42 Å². The van der Waals surface area contributed by atoms with E-state index in [0.29, 0.717) is 0 Å². The van der Waals surface area contributed by atoms with Crippen LogP contribution in [-0.4, -0.2) is 3.81 Å². The number of rotatable bonds is 5. The van der Waals surface area contributed by atoms with Crippen molar-refractivity contribution in [2.45, 2.75) is 34.1 Å². The maximum atomic E-state index is 6.20. The third kappa shape index (κ3) is 11.2. The second-order valence-corrected chi connectivity index (χ2v) is 9.60. The minimum atomic E-state index is 0.837. The third-order valence-electron chi connectivity index (χ3n) is 4.55. The van der Waals surface area contributed by atoms with Crippen LogP contribution in [0.25, 0.3) is 11.8 Å². The standard InChI is InChI=1S/C24H22O.C5H5.C3H6.Ti/c1-19-13-16-21(17-14-19)18-15-20(2)24(22-9-5-3-6-10-22)25-23-11-7-4-8-12-23;1-2-4-5-3-1;1-3-2;/h3-18H,1-2H3;1-3H,4H2;1-2H3;/q;-1;;+1. The molecule has 1 nitrogen and oxygen atoms in total. The molecule has 1 aliphatic rings. The molecule has 3 aromatic rings. The Kier molecular flexibility index (Phi) is 12.6. The number of allylic oxidation sites excluding steroid dienone is 6. The zero-order valence-corrected chi connectivity index (χ0v) is 22.1. The molecule has 0 saturated heterocycles. The fourth-order valence-corrected chi connectivity index (χ4v) is 2.88. The Balaban J connectivity index is 0.000000382. The molecule has 3 aromatic carbocycles. The predicted molar refractivity (Wildman–Crippen MR) is 144 cm³/mol. The second kappa shape index (κ2) is 15.8. The first kappa shape index (κ1) is 27.3.